The van der Waals surface area contributed by atoms with Crippen LogP contribution in [0, 0.1) is 0 Å². The molecule has 112 valence electrons. The van der Waals surface area contributed by atoms with E-state index in [2.05, 4.69) is 4.98 Å². The van der Waals surface area contributed by atoms with Crippen molar-refractivity contribution in [3.8, 4) is 11.5 Å². The van der Waals surface area contributed by atoms with Crippen molar-refractivity contribution in [2.75, 3.05) is 14.2 Å². The van der Waals surface area contributed by atoms with Gasteiger partial charge in [-0.1, -0.05) is 0 Å². The number of hydrogen-bond acceptors (Lipinski definition) is 6. The van der Waals surface area contributed by atoms with Gasteiger partial charge in [-0.05, 0) is 18.2 Å². The number of furan rings is 1. The summed E-state index contributed by atoms with van der Waals surface area (Å²) in [5.74, 6) is 1.76. The van der Waals surface area contributed by atoms with Gasteiger partial charge < -0.3 is 18.3 Å². The predicted octanol–water partition coefficient (Wildman–Crippen LogP) is 2.97. The Morgan fingerprint density at radius 1 is 1.14 bits per heavy atom. The predicted molar refractivity (Wildman–Crippen MR) is 81.0 cm³/mol. The third kappa shape index (κ3) is 2.58. The molecule has 3 rings (SSSR count). The minimum Gasteiger partial charge on any atom is -0.493 e. The van der Waals surface area contributed by atoms with Crippen molar-refractivity contribution >= 4 is 23.1 Å². The van der Waals surface area contributed by atoms with Gasteiger partial charge in [0.25, 0.3) is 0 Å². The maximum absolute atomic E-state index is 12.1. The van der Waals surface area contributed by atoms with Crippen molar-refractivity contribution in [1.82, 2.24) is 4.98 Å². The Balaban J connectivity index is 2.09. The number of benzene rings is 1. The van der Waals surface area contributed by atoms with Crippen LogP contribution >= 0.6 is 0 Å². The summed E-state index contributed by atoms with van der Waals surface area (Å²) in [7, 11) is 3.02. The Morgan fingerprint density at radius 3 is 2.59 bits per heavy atom. The summed E-state index contributed by atoms with van der Waals surface area (Å²) in [4.78, 5) is 16.4. The van der Waals surface area contributed by atoms with E-state index in [0.717, 1.165) is 0 Å². The van der Waals surface area contributed by atoms with Crippen molar-refractivity contribution in [3.05, 3.63) is 52.6 Å². The van der Waals surface area contributed by atoms with Crippen molar-refractivity contribution in [3.63, 3.8) is 0 Å². The van der Waals surface area contributed by atoms with E-state index >= 15 is 0 Å². The van der Waals surface area contributed by atoms with Crippen LogP contribution in [0.15, 0.2) is 44.2 Å². The molecule has 0 saturated carbocycles. The van der Waals surface area contributed by atoms with Crippen LogP contribution in [0.4, 0.5) is 0 Å². The van der Waals surface area contributed by atoms with E-state index in [4.69, 9.17) is 18.3 Å². The Labute approximate surface area is 125 Å². The Kier molecular flexibility index (Phi) is 3.65. The van der Waals surface area contributed by atoms with Gasteiger partial charge in [0, 0.05) is 18.2 Å². The molecule has 2 heterocycles. The summed E-state index contributed by atoms with van der Waals surface area (Å²) in [6.07, 6.45) is 4.79. The molecule has 22 heavy (non-hydrogen) atoms. The fourth-order valence-corrected chi connectivity index (χ4v) is 2.03. The molecule has 0 atom stereocenters. The average Bonchev–Trinajstić information content (AvgIpc) is 3.05. The lowest BCUT2D eigenvalue weighted by molar-refractivity contribution is 0.355. The first-order valence-electron chi connectivity index (χ1n) is 6.49. The maximum atomic E-state index is 12.1. The van der Waals surface area contributed by atoms with Gasteiger partial charge in [0.05, 0.1) is 31.4 Å². The number of aromatic nitrogens is 1. The second-order valence-corrected chi connectivity index (χ2v) is 4.41. The molecule has 0 spiro atoms. The number of hydrogen-bond donors (Lipinski definition) is 0. The van der Waals surface area contributed by atoms with Gasteiger partial charge in [-0.2, -0.15) is 0 Å². The molecule has 6 heteroatoms. The van der Waals surface area contributed by atoms with Crippen LogP contribution in [0.2, 0.25) is 0 Å². The summed E-state index contributed by atoms with van der Waals surface area (Å²) in [5, 5.41) is 0.327. The SMILES string of the molecule is COc1cc2nc(/C=C/c3ccco3)oc(=O)c2cc1OC. The summed E-state index contributed by atoms with van der Waals surface area (Å²) in [6.45, 7) is 0. The third-order valence-electron chi connectivity index (χ3n) is 3.08. The lowest BCUT2D eigenvalue weighted by Gasteiger charge is -2.08. The molecule has 0 aliphatic rings. The number of rotatable bonds is 4. The minimum atomic E-state index is -0.495. The van der Waals surface area contributed by atoms with Gasteiger partial charge in [0.15, 0.2) is 11.5 Å². The molecular formula is C16H13NO5. The van der Waals surface area contributed by atoms with E-state index in [1.807, 2.05) is 0 Å². The Morgan fingerprint density at radius 2 is 1.91 bits per heavy atom. The molecule has 0 saturated heterocycles. The fraction of sp³-hybridized carbons (Fsp3) is 0.125. The zero-order valence-electron chi connectivity index (χ0n) is 12.0. The van der Waals surface area contributed by atoms with Crippen molar-refractivity contribution in [2.45, 2.75) is 0 Å². The first-order chi connectivity index (χ1) is 10.7. The van der Waals surface area contributed by atoms with Crippen molar-refractivity contribution < 1.29 is 18.3 Å². The summed E-state index contributed by atoms with van der Waals surface area (Å²) < 4.78 is 20.7. The van der Waals surface area contributed by atoms with E-state index in [1.54, 1.807) is 42.7 Å². The Hall–Kier alpha value is -3.02. The van der Waals surface area contributed by atoms with Gasteiger partial charge in [-0.25, -0.2) is 9.78 Å². The molecule has 6 nitrogen and oxygen atoms in total. The van der Waals surface area contributed by atoms with Crippen molar-refractivity contribution in [1.29, 1.82) is 0 Å². The molecule has 0 aliphatic carbocycles. The largest absolute Gasteiger partial charge is 0.493 e. The third-order valence-corrected chi connectivity index (χ3v) is 3.08. The first kappa shape index (κ1) is 13.9. The molecule has 0 aliphatic heterocycles. The van der Waals surface area contributed by atoms with Crippen LogP contribution in [-0.4, -0.2) is 19.2 Å². The second kappa shape index (κ2) is 5.77. The van der Waals surface area contributed by atoms with Gasteiger partial charge >= 0.3 is 5.63 Å². The maximum Gasteiger partial charge on any atom is 0.347 e. The number of methoxy groups -OCH3 is 2. The van der Waals surface area contributed by atoms with Crippen LogP contribution in [0.5, 0.6) is 11.5 Å². The van der Waals surface area contributed by atoms with E-state index in [-0.39, 0.29) is 5.89 Å². The zero-order chi connectivity index (χ0) is 15.5. The van der Waals surface area contributed by atoms with E-state index in [1.165, 1.54) is 14.2 Å². The quantitative estimate of drug-likeness (QED) is 0.737. The van der Waals surface area contributed by atoms with Crippen molar-refractivity contribution in [2.24, 2.45) is 0 Å². The summed E-state index contributed by atoms with van der Waals surface area (Å²) in [6, 6.07) is 6.73. The number of ether oxygens (including phenoxy) is 2. The van der Waals surface area contributed by atoms with Crippen LogP contribution in [0.1, 0.15) is 11.7 Å². The number of nitrogens with zero attached hydrogens (tertiary/aromatic N) is 1. The van der Waals surface area contributed by atoms with Gasteiger partial charge in [0.2, 0.25) is 5.89 Å². The standard InChI is InChI=1S/C16H13NO5/c1-19-13-8-11-12(9-14(13)20-2)17-15(22-16(11)18)6-5-10-4-3-7-21-10/h3-9H,1-2H3/b6-5+. The van der Waals surface area contributed by atoms with E-state index < -0.39 is 5.63 Å². The summed E-state index contributed by atoms with van der Waals surface area (Å²) >= 11 is 0. The molecule has 0 N–H and O–H groups in total. The molecule has 0 amide bonds. The smallest absolute Gasteiger partial charge is 0.347 e. The monoisotopic (exact) mass is 299 g/mol. The Bertz CT molecular complexity index is 877. The van der Waals surface area contributed by atoms with Gasteiger partial charge in [-0.3, -0.25) is 0 Å². The fourth-order valence-electron chi connectivity index (χ4n) is 2.03. The molecule has 0 radical (unpaired) electrons. The molecule has 3 aromatic rings. The average molecular weight is 299 g/mol. The van der Waals surface area contributed by atoms with Gasteiger partial charge in [0.1, 0.15) is 5.76 Å². The molecule has 2 aromatic heterocycles. The topological polar surface area (TPSA) is 74.7 Å². The van der Waals surface area contributed by atoms with Crippen LogP contribution < -0.4 is 15.1 Å². The van der Waals surface area contributed by atoms with Gasteiger partial charge in [-0.15, -0.1) is 0 Å². The highest BCUT2D eigenvalue weighted by atomic mass is 16.5. The van der Waals surface area contributed by atoms with Crippen LogP contribution in [0.25, 0.3) is 23.1 Å². The highest BCUT2D eigenvalue weighted by Crippen LogP contribution is 2.30. The zero-order valence-corrected chi connectivity index (χ0v) is 12.0. The summed E-state index contributed by atoms with van der Waals surface area (Å²) in [5.41, 5.74) is -0.0296. The van der Waals surface area contributed by atoms with Crippen LogP contribution in [-0.2, 0) is 0 Å². The highest BCUT2D eigenvalue weighted by Gasteiger charge is 2.11. The van der Waals surface area contributed by atoms with E-state index in [0.29, 0.717) is 28.2 Å². The molecule has 0 bridgehead atoms. The molecule has 1 aromatic carbocycles. The second-order valence-electron chi connectivity index (χ2n) is 4.41. The lowest BCUT2D eigenvalue weighted by atomic mass is 10.2. The number of fused-ring (bicyclic) bond motifs is 1. The minimum absolute atomic E-state index is 0.182. The molecular weight excluding hydrogens is 286 g/mol. The van der Waals surface area contributed by atoms with E-state index in [9.17, 15) is 4.79 Å². The lowest BCUT2D eigenvalue weighted by Crippen LogP contribution is -2.04. The normalized spacial score (nSPS) is 11.2. The first-order valence-corrected chi connectivity index (χ1v) is 6.49. The van der Waals surface area contributed by atoms with Crippen LogP contribution in [0.3, 0.4) is 0 Å². The molecule has 0 fully saturated rings. The molecule has 0 unspecified atom stereocenters. The highest BCUT2D eigenvalue weighted by molar-refractivity contribution is 5.82.